The predicted octanol–water partition coefficient (Wildman–Crippen LogP) is -0.267. The van der Waals surface area contributed by atoms with Crippen molar-refractivity contribution in [1.82, 2.24) is 4.81 Å². The van der Waals surface area contributed by atoms with E-state index in [-0.39, 0.29) is 6.04 Å². The Morgan fingerprint density at radius 1 is 1.75 bits per heavy atom. The zero-order valence-electron chi connectivity index (χ0n) is 4.71. The third-order valence-electron chi connectivity index (χ3n) is 1.50. The van der Waals surface area contributed by atoms with Crippen LogP contribution in [0.4, 0.5) is 0 Å². The van der Waals surface area contributed by atoms with E-state index in [1.54, 1.807) is 4.81 Å². The largest absolute Gasteiger partial charge is 0.345 e. The zero-order valence-corrected chi connectivity index (χ0v) is 4.71. The Kier molecular flexibility index (Phi) is 1.68. The first-order valence-electron chi connectivity index (χ1n) is 2.81. The average molecular weight is 109 g/mol. The number of carbonyl (C=O) groups excluding carboxylic acids is 1. The quantitative estimate of drug-likeness (QED) is 0.341. The van der Waals surface area contributed by atoms with E-state index in [9.17, 15) is 4.79 Å². The van der Waals surface area contributed by atoms with Gasteiger partial charge in [-0.15, -0.1) is 0 Å². The van der Waals surface area contributed by atoms with Crippen molar-refractivity contribution in [2.75, 3.05) is 6.54 Å². The molecule has 1 rings (SSSR count). The molecule has 1 saturated heterocycles. The molecule has 1 unspecified atom stereocenters. The minimum Gasteiger partial charge on any atom is -0.345 e. The van der Waals surface area contributed by atoms with Gasteiger partial charge in [0.25, 0.3) is 0 Å². The molecular formula is C5H8BNO. The van der Waals surface area contributed by atoms with Gasteiger partial charge in [-0.25, -0.2) is 0 Å². The van der Waals surface area contributed by atoms with Crippen molar-refractivity contribution in [3.8, 4) is 0 Å². The Bertz CT molecular complexity index is 96.4. The van der Waals surface area contributed by atoms with Gasteiger partial charge in [-0.2, -0.15) is 0 Å². The van der Waals surface area contributed by atoms with Crippen LogP contribution in [0.5, 0.6) is 0 Å². The number of hydrogen-bond acceptors (Lipinski definition) is 2. The van der Waals surface area contributed by atoms with Crippen LogP contribution < -0.4 is 0 Å². The molecule has 0 aromatic heterocycles. The summed E-state index contributed by atoms with van der Waals surface area (Å²) in [6.07, 6.45) is 2.90. The second kappa shape index (κ2) is 2.31. The third-order valence-corrected chi connectivity index (χ3v) is 1.50. The van der Waals surface area contributed by atoms with Crippen molar-refractivity contribution in [2.45, 2.75) is 18.9 Å². The fourth-order valence-electron chi connectivity index (χ4n) is 0.961. The third kappa shape index (κ3) is 0.918. The number of aldehydes is 1. The maximum absolute atomic E-state index is 10.1. The highest BCUT2D eigenvalue weighted by molar-refractivity contribution is 6.05. The molecule has 1 aliphatic rings. The predicted molar refractivity (Wildman–Crippen MR) is 31.5 cm³/mol. The number of rotatable bonds is 1. The molecule has 8 heavy (non-hydrogen) atoms. The van der Waals surface area contributed by atoms with Crippen LogP contribution in [0.1, 0.15) is 12.8 Å². The molecule has 1 heterocycles. The summed E-state index contributed by atoms with van der Waals surface area (Å²) in [5, 5.41) is 0. The van der Waals surface area contributed by atoms with Gasteiger partial charge in [0.15, 0.2) is 7.98 Å². The van der Waals surface area contributed by atoms with Crippen LogP contribution in [0.15, 0.2) is 0 Å². The maximum atomic E-state index is 10.1. The lowest BCUT2D eigenvalue weighted by molar-refractivity contribution is -0.110. The summed E-state index contributed by atoms with van der Waals surface area (Å²) in [5.74, 6) is 0. The maximum Gasteiger partial charge on any atom is 0.183 e. The molecule has 1 fully saturated rings. The fourth-order valence-corrected chi connectivity index (χ4v) is 0.961. The van der Waals surface area contributed by atoms with Crippen molar-refractivity contribution < 1.29 is 4.79 Å². The molecule has 0 saturated carbocycles. The SMILES string of the molecule is [B]N1CCCC1C=O. The van der Waals surface area contributed by atoms with E-state index in [1.165, 1.54) is 0 Å². The van der Waals surface area contributed by atoms with Gasteiger partial charge in [0.05, 0.1) is 6.04 Å². The molecule has 0 aromatic rings. The first-order valence-corrected chi connectivity index (χ1v) is 2.81. The zero-order chi connectivity index (χ0) is 5.98. The van der Waals surface area contributed by atoms with Crippen LogP contribution in [0.2, 0.25) is 0 Å². The topological polar surface area (TPSA) is 20.3 Å². The minimum absolute atomic E-state index is 0.00463. The van der Waals surface area contributed by atoms with Gasteiger partial charge < -0.3 is 9.61 Å². The molecule has 0 N–H and O–H groups in total. The van der Waals surface area contributed by atoms with E-state index in [2.05, 4.69) is 0 Å². The summed E-state index contributed by atoms with van der Waals surface area (Å²) in [6, 6.07) is -0.00463. The molecular weight excluding hydrogens is 101 g/mol. The first-order chi connectivity index (χ1) is 3.84. The van der Waals surface area contributed by atoms with E-state index < -0.39 is 0 Å². The van der Waals surface area contributed by atoms with E-state index >= 15 is 0 Å². The molecule has 0 aromatic carbocycles. The van der Waals surface area contributed by atoms with E-state index in [0.717, 1.165) is 25.7 Å². The summed E-state index contributed by atoms with van der Waals surface area (Å²) < 4.78 is 0. The second-order valence-electron chi connectivity index (χ2n) is 2.08. The summed E-state index contributed by atoms with van der Waals surface area (Å²) in [5.41, 5.74) is 0. The van der Waals surface area contributed by atoms with Gasteiger partial charge in [0.2, 0.25) is 0 Å². The molecule has 42 valence electrons. The standard InChI is InChI=1S/C5H8BNO/c6-7-3-1-2-5(7)4-8/h4-5H,1-3H2. The molecule has 0 bridgehead atoms. The van der Waals surface area contributed by atoms with Crippen LogP contribution in [0.3, 0.4) is 0 Å². The van der Waals surface area contributed by atoms with Gasteiger partial charge in [-0.05, 0) is 19.4 Å². The molecule has 1 atom stereocenters. The van der Waals surface area contributed by atoms with Crippen LogP contribution in [-0.2, 0) is 4.79 Å². The Balaban J connectivity index is 2.41. The fraction of sp³-hybridized carbons (Fsp3) is 0.800. The number of hydrogen-bond donors (Lipinski definition) is 0. The molecule has 1 aliphatic heterocycles. The van der Waals surface area contributed by atoms with E-state index in [0.29, 0.717) is 0 Å². The Labute approximate surface area is 50.3 Å². The lowest BCUT2D eigenvalue weighted by Crippen LogP contribution is -2.27. The summed E-state index contributed by atoms with van der Waals surface area (Å²) >= 11 is 0. The van der Waals surface area contributed by atoms with Crippen molar-refractivity contribution in [2.24, 2.45) is 0 Å². The van der Waals surface area contributed by atoms with Crippen LogP contribution >= 0.6 is 0 Å². The Hall–Kier alpha value is -0.305. The lowest BCUT2D eigenvalue weighted by Gasteiger charge is -2.11. The molecule has 2 radical (unpaired) electrons. The van der Waals surface area contributed by atoms with Crippen molar-refractivity contribution >= 4 is 14.3 Å². The number of nitrogens with zero attached hydrogens (tertiary/aromatic N) is 1. The molecule has 2 nitrogen and oxygen atoms in total. The highest BCUT2D eigenvalue weighted by Gasteiger charge is 2.18. The van der Waals surface area contributed by atoms with E-state index in [1.807, 2.05) is 0 Å². The number of carbonyl (C=O) groups is 1. The van der Waals surface area contributed by atoms with E-state index in [4.69, 9.17) is 7.98 Å². The average Bonchev–Trinajstić information content (AvgIpc) is 2.14. The van der Waals surface area contributed by atoms with Crippen molar-refractivity contribution in [3.05, 3.63) is 0 Å². The summed E-state index contributed by atoms with van der Waals surface area (Å²) in [7, 11) is 5.39. The van der Waals surface area contributed by atoms with Gasteiger partial charge in [-0.1, -0.05) is 0 Å². The highest BCUT2D eigenvalue weighted by Crippen LogP contribution is 2.10. The highest BCUT2D eigenvalue weighted by atomic mass is 16.1. The molecule has 0 aliphatic carbocycles. The van der Waals surface area contributed by atoms with Gasteiger partial charge >= 0.3 is 0 Å². The second-order valence-corrected chi connectivity index (χ2v) is 2.08. The Morgan fingerprint density at radius 2 is 2.50 bits per heavy atom. The van der Waals surface area contributed by atoms with Crippen molar-refractivity contribution in [1.29, 1.82) is 0 Å². The van der Waals surface area contributed by atoms with Gasteiger partial charge in [0.1, 0.15) is 6.29 Å². The van der Waals surface area contributed by atoms with Crippen LogP contribution in [0, 0.1) is 0 Å². The van der Waals surface area contributed by atoms with Crippen LogP contribution in [0.25, 0.3) is 0 Å². The molecule has 0 spiro atoms. The Morgan fingerprint density at radius 3 is 2.75 bits per heavy atom. The monoisotopic (exact) mass is 109 g/mol. The van der Waals surface area contributed by atoms with Gasteiger partial charge in [0, 0.05) is 0 Å². The molecule has 3 heteroatoms. The minimum atomic E-state index is -0.00463. The normalized spacial score (nSPS) is 30.8. The smallest absolute Gasteiger partial charge is 0.183 e. The van der Waals surface area contributed by atoms with Crippen LogP contribution in [-0.4, -0.2) is 31.7 Å². The molecule has 0 amide bonds. The first kappa shape index (κ1) is 5.82. The van der Waals surface area contributed by atoms with Gasteiger partial charge in [-0.3, -0.25) is 0 Å². The summed E-state index contributed by atoms with van der Waals surface area (Å²) in [4.78, 5) is 11.7. The summed E-state index contributed by atoms with van der Waals surface area (Å²) in [6.45, 7) is 0.864. The lowest BCUT2D eigenvalue weighted by atomic mass is 10.2. The van der Waals surface area contributed by atoms with Crippen molar-refractivity contribution in [3.63, 3.8) is 0 Å².